The maximum absolute atomic E-state index is 10.6. The van der Waals surface area contributed by atoms with Gasteiger partial charge in [-0.2, -0.15) is 4.98 Å². The predicted octanol–water partition coefficient (Wildman–Crippen LogP) is -0.487. The number of hydrogen-bond acceptors (Lipinski definition) is 6. The van der Waals surface area contributed by atoms with E-state index < -0.39 is 5.91 Å². The molecule has 2 rings (SSSR count). The fraction of sp³-hybridized carbons (Fsp3) is 0.143. The highest BCUT2D eigenvalue weighted by Crippen LogP contribution is 2.22. The molecule has 15 heavy (non-hydrogen) atoms. The van der Waals surface area contributed by atoms with Crippen molar-refractivity contribution in [2.45, 2.75) is 5.03 Å². The molecule has 0 radical (unpaired) electrons. The van der Waals surface area contributed by atoms with E-state index in [1.807, 2.05) is 0 Å². The average Bonchev–Trinajstić information content (AvgIpc) is 2.61. The Morgan fingerprint density at radius 1 is 1.53 bits per heavy atom. The van der Waals surface area contributed by atoms with E-state index in [1.165, 1.54) is 18.1 Å². The molecule has 2 aromatic heterocycles. The van der Waals surface area contributed by atoms with Crippen molar-refractivity contribution >= 4 is 34.8 Å². The first-order chi connectivity index (χ1) is 7.16. The van der Waals surface area contributed by atoms with Crippen LogP contribution in [0, 0.1) is 0 Å². The molecule has 78 valence electrons. The molecule has 1 amide bonds. The van der Waals surface area contributed by atoms with Crippen LogP contribution in [0.4, 0.5) is 5.95 Å². The van der Waals surface area contributed by atoms with Gasteiger partial charge >= 0.3 is 0 Å². The first-order valence-electron chi connectivity index (χ1n) is 4.04. The molecule has 7 nitrogen and oxygen atoms in total. The summed E-state index contributed by atoms with van der Waals surface area (Å²) in [6.07, 6.45) is 1.49. The van der Waals surface area contributed by atoms with Crippen LogP contribution in [0.1, 0.15) is 0 Å². The summed E-state index contributed by atoms with van der Waals surface area (Å²) >= 11 is 1.20. The normalized spacial score (nSPS) is 10.7. The third-order valence-corrected chi connectivity index (χ3v) is 2.62. The Morgan fingerprint density at radius 3 is 3.07 bits per heavy atom. The number of anilines is 1. The molecule has 0 saturated heterocycles. The Morgan fingerprint density at radius 2 is 2.33 bits per heavy atom. The Bertz CT molecular complexity index is 509. The van der Waals surface area contributed by atoms with Crippen LogP contribution in [0.15, 0.2) is 11.4 Å². The third-order valence-electron chi connectivity index (χ3n) is 1.62. The van der Waals surface area contributed by atoms with Crippen molar-refractivity contribution in [2.75, 3.05) is 11.5 Å². The van der Waals surface area contributed by atoms with Crippen LogP contribution >= 0.6 is 11.8 Å². The van der Waals surface area contributed by atoms with Crippen LogP contribution in [0.25, 0.3) is 11.2 Å². The average molecular weight is 224 g/mol. The number of amides is 1. The number of thioether (sulfide) groups is 1. The molecule has 0 spiro atoms. The first-order valence-corrected chi connectivity index (χ1v) is 5.03. The monoisotopic (exact) mass is 224 g/mol. The number of nitrogens with one attached hydrogen (secondary N) is 1. The zero-order valence-corrected chi connectivity index (χ0v) is 8.41. The molecule has 0 aliphatic rings. The van der Waals surface area contributed by atoms with E-state index in [9.17, 15) is 4.79 Å². The molecule has 0 bridgehead atoms. The predicted molar refractivity (Wildman–Crippen MR) is 56.0 cm³/mol. The number of carbonyl (C=O) groups is 1. The van der Waals surface area contributed by atoms with E-state index >= 15 is 0 Å². The van der Waals surface area contributed by atoms with Gasteiger partial charge in [-0.05, 0) is 0 Å². The summed E-state index contributed by atoms with van der Waals surface area (Å²) in [5.74, 6) is -0.142. The number of aromatic nitrogens is 4. The Balaban J connectivity index is 2.39. The molecule has 0 aromatic carbocycles. The number of fused-ring (bicyclic) bond motifs is 1. The van der Waals surface area contributed by atoms with Gasteiger partial charge in [0.15, 0.2) is 5.65 Å². The molecule has 0 fully saturated rings. The van der Waals surface area contributed by atoms with Crippen LogP contribution in [0.5, 0.6) is 0 Å². The van der Waals surface area contributed by atoms with Gasteiger partial charge in [0.05, 0.1) is 12.1 Å². The van der Waals surface area contributed by atoms with Crippen molar-refractivity contribution < 1.29 is 4.79 Å². The van der Waals surface area contributed by atoms with Crippen LogP contribution < -0.4 is 11.5 Å². The fourth-order valence-corrected chi connectivity index (χ4v) is 1.80. The summed E-state index contributed by atoms with van der Waals surface area (Å²) in [5.41, 5.74) is 11.7. The minimum Gasteiger partial charge on any atom is -0.369 e. The van der Waals surface area contributed by atoms with Crippen molar-refractivity contribution in [2.24, 2.45) is 5.73 Å². The fourth-order valence-electron chi connectivity index (χ4n) is 1.07. The van der Waals surface area contributed by atoms with Gasteiger partial charge in [-0.25, -0.2) is 9.97 Å². The van der Waals surface area contributed by atoms with Crippen molar-refractivity contribution in [1.29, 1.82) is 0 Å². The number of imidazole rings is 1. The van der Waals surface area contributed by atoms with Crippen molar-refractivity contribution in [1.82, 2.24) is 19.9 Å². The van der Waals surface area contributed by atoms with Crippen LogP contribution in [0.2, 0.25) is 0 Å². The van der Waals surface area contributed by atoms with Crippen molar-refractivity contribution in [3.8, 4) is 0 Å². The summed E-state index contributed by atoms with van der Waals surface area (Å²) in [7, 11) is 0. The largest absolute Gasteiger partial charge is 0.369 e. The molecule has 0 aliphatic heterocycles. The number of nitrogen functional groups attached to an aromatic ring is 1. The maximum Gasteiger partial charge on any atom is 0.227 e. The topological polar surface area (TPSA) is 124 Å². The second-order valence-corrected chi connectivity index (χ2v) is 3.71. The van der Waals surface area contributed by atoms with Gasteiger partial charge in [0, 0.05) is 0 Å². The van der Waals surface area contributed by atoms with Crippen LogP contribution in [-0.2, 0) is 4.79 Å². The van der Waals surface area contributed by atoms with Crippen molar-refractivity contribution in [3.05, 3.63) is 6.33 Å². The van der Waals surface area contributed by atoms with Crippen molar-refractivity contribution in [3.63, 3.8) is 0 Å². The molecular formula is C7H8N6OS. The molecule has 5 N–H and O–H groups in total. The number of hydrogen-bond donors (Lipinski definition) is 3. The quantitative estimate of drug-likeness (QED) is 0.477. The second-order valence-electron chi connectivity index (χ2n) is 2.74. The van der Waals surface area contributed by atoms with Gasteiger partial charge in [0.1, 0.15) is 10.5 Å². The van der Waals surface area contributed by atoms with Gasteiger partial charge < -0.3 is 16.5 Å². The first kappa shape index (κ1) is 9.71. The van der Waals surface area contributed by atoms with Gasteiger partial charge in [-0.3, -0.25) is 4.79 Å². The maximum atomic E-state index is 10.6. The lowest BCUT2D eigenvalue weighted by Gasteiger charge is -2.00. The SMILES string of the molecule is NC(=O)CSc1nc(N)nc2nc[nH]c12. The van der Waals surface area contributed by atoms with E-state index in [0.29, 0.717) is 16.2 Å². The number of carbonyl (C=O) groups excluding carboxylic acids is 1. The van der Waals surface area contributed by atoms with Crippen LogP contribution in [-0.4, -0.2) is 31.6 Å². The van der Waals surface area contributed by atoms with Crippen LogP contribution in [0.3, 0.4) is 0 Å². The molecular weight excluding hydrogens is 216 g/mol. The minimum absolute atomic E-state index is 0.126. The van der Waals surface area contributed by atoms with E-state index in [1.54, 1.807) is 0 Å². The third kappa shape index (κ3) is 1.99. The number of primary amides is 1. The van der Waals surface area contributed by atoms with E-state index in [4.69, 9.17) is 11.5 Å². The Labute approximate surface area is 88.7 Å². The number of nitrogens with zero attached hydrogens (tertiary/aromatic N) is 3. The molecule has 0 unspecified atom stereocenters. The summed E-state index contributed by atoms with van der Waals surface area (Å²) < 4.78 is 0. The van der Waals surface area contributed by atoms with Gasteiger partial charge in [-0.1, -0.05) is 11.8 Å². The highest BCUT2D eigenvalue weighted by molar-refractivity contribution is 8.00. The Hall–Kier alpha value is -1.83. The summed E-state index contributed by atoms with van der Waals surface area (Å²) in [5, 5.41) is 0.578. The zero-order valence-electron chi connectivity index (χ0n) is 7.60. The van der Waals surface area contributed by atoms with E-state index in [0.717, 1.165) is 0 Å². The molecule has 0 saturated carbocycles. The molecule has 0 atom stereocenters. The van der Waals surface area contributed by atoms with E-state index in [2.05, 4.69) is 19.9 Å². The molecule has 2 heterocycles. The molecule has 0 aliphatic carbocycles. The number of aromatic amines is 1. The number of rotatable bonds is 3. The summed E-state index contributed by atoms with van der Waals surface area (Å²) in [6.45, 7) is 0. The number of H-pyrrole nitrogens is 1. The lowest BCUT2D eigenvalue weighted by molar-refractivity contribution is -0.115. The summed E-state index contributed by atoms with van der Waals surface area (Å²) in [6, 6.07) is 0. The van der Waals surface area contributed by atoms with Gasteiger partial charge in [0.25, 0.3) is 0 Å². The van der Waals surface area contributed by atoms with E-state index in [-0.39, 0.29) is 11.7 Å². The second kappa shape index (κ2) is 3.73. The highest BCUT2D eigenvalue weighted by atomic mass is 32.2. The molecule has 8 heteroatoms. The minimum atomic E-state index is -0.412. The highest BCUT2D eigenvalue weighted by Gasteiger charge is 2.09. The number of nitrogens with two attached hydrogens (primary N) is 2. The lowest BCUT2D eigenvalue weighted by Crippen LogP contribution is -2.13. The van der Waals surface area contributed by atoms with Gasteiger partial charge in [-0.15, -0.1) is 0 Å². The van der Waals surface area contributed by atoms with Gasteiger partial charge in [0.2, 0.25) is 11.9 Å². The zero-order chi connectivity index (χ0) is 10.8. The standard InChI is InChI=1S/C7H8N6OS/c8-3(14)1-15-6-4-5(11-2-10-4)12-7(9)13-6/h2H,1H2,(H2,8,14)(H3,9,10,11,12,13). The Kier molecular flexibility index (Phi) is 2.42. The smallest absolute Gasteiger partial charge is 0.227 e. The lowest BCUT2D eigenvalue weighted by atomic mass is 10.5. The molecule has 2 aromatic rings. The summed E-state index contributed by atoms with van der Waals surface area (Å²) in [4.78, 5) is 25.4.